The predicted octanol–water partition coefficient (Wildman–Crippen LogP) is 2.78. The minimum Gasteiger partial charge on any atom is -0.496 e. The third kappa shape index (κ3) is 2.33. The van der Waals surface area contributed by atoms with Gasteiger partial charge in [0.15, 0.2) is 0 Å². The van der Waals surface area contributed by atoms with E-state index in [-0.39, 0.29) is 6.10 Å². The fraction of sp³-hybridized carbons (Fsp3) is 0.467. The summed E-state index contributed by atoms with van der Waals surface area (Å²) in [6, 6.07) is 5.55. The number of nitrogens with zero attached hydrogens (tertiary/aromatic N) is 1. The molecule has 0 saturated carbocycles. The number of aliphatic hydroxyl groups excluding tert-OH is 1. The maximum Gasteiger partial charge on any atom is 0.126 e. The number of benzene rings is 1. The predicted molar refractivity (Wildman–Crippen MR) is 76.3 cm³/mol. The molecule has 3 heterocycles. The van der Waals surface area contributed by atoms with Gasteiger partial charge in [0.25, 0.3) is 0 Å². The van der Waals surface area contributed by atoms with Crippen molar-refractivity contribution < 1.29 is 9.84 Å². The minimum absolute atomic E-state index is 0.355. The fourth-order valence-electron chi connectivity index (χ4n) is 3.06. The molecular formula is C15H18ClNO2. The summed E-state index contributed by atoms with van der Waals surface area (Å²) in [5.74, 6) is 1.19. The molecule has 4 heteroatoms. The van der Waals surface area contributed by atoms with Crippen molar-refractivity contribution in [2.45, 2.75) is 18.9 Å². The van der Waals surface area contributed by atoms with Crippen LogP contribution < -0.4 is 4.74 Å². The van der Waals surface area contributed by atoms with Crippen LogP contribution in [-0.2, 0) is 0 Å². The molecule has 1 atom stereocenters. The summed E-state index contributed by atoms with van der Waals surface area (Å²) in [5.41, 5.74) is 1.93. The normalized spacial score (nSPS) is 27.9. The van der Waals surface area contributed by atoms with E-state index in [0.29, 0.717) is 10.9 Å². The lowest BCUT2D eigenvalue weighted by Crippen LogP contribution is -2.48. The molecule has 2 bridgehead atoms. The molecule has 0 radical (unpaired) electrons. The molecule has 1 aromatic rings. The van der Waals surface area contributed by atoms with Crippen LogP contribution in [0.2, 0.25) is 5.02 Å². The third-order valence-corrected chi connectivity index (χ3v) is 4.38. The molecule has 1 aromatic carbocycles. The summed E-state index contributed by atoms with van der Waals surface area (Å²) in [4.78, 5) is 2.27. The van der Waals surface area contributed by atoms with Crippen molar-refractivity contribution in [2.75, 3.05) is 20.2 Å². The number of ether oxygens (including phenoxy) is 1. The number of halogens is 1. The van der Waals surface area contributed by atoms with Crippen LogP contribution in [0.15, 0.2) is 23.9 Å². The molecule has 3 nitrogen and oxygen atoms in total. The Bertz CT molecular complexity index is 503. The smallest absolute Gasteiger partial charge is 0.126 e. The first-order valence-corrected chi connectivity index (χ1v) is 7.05. The minimum atomic E-state index is -0.355. The van der Waals surface area contributed by atoms with Gasteiger partial charge in [0.1, 0.15) is 5.75 Å². The van der Waals surface area contributed by atoms with Crippen molar-refractivity contribution in [1.29, 1.82) is 0 Å². The Morgan fingerprint density at radius 3 is 2.74 bits per heavy atom. The van der Waals surface area contributed by atoms with Crippen LogP contribution in [0.5, 0.6) is 5.75 Å². The first kappa shape index (κ1) is 12.8. The molecule has 3 saturated heterocycles. The summed E-state index contributed by atoms with van der Waals surface area (Å²) in [7, 11) is 1.65. The second-order valence-corrected chi connectivity index (χ2v) is 5.66. The number of aliphatic hydroxyl groups is 1. The van der Waals surface area contributed by atoms with E-state index in [9.17, 15) is 5.11 Å². The lowest BCUT2D eigenvalue weighted by Gasteiger charge is -2.46. The summed E-state index contributed by atoms with van der Waals surface area (Å²) < 4.78 is 5.35. The molecule has 0 aromatic heterocycles. The molecular weight excluding hydrogens is 262 g/mol. The molecule has 0 unspecified atom stereocenters. The van der Waals surface area contributed by atoms with E-state index in [2.05, 4.69) is 4.90 Å². The van der Waals surface area contributed by atoms with Gasteiger partial charge in [0, 0.05) is 29.4 Å². The van der Waals surface area contributed by atoms with Crippen LogP contribution in [0.3, 0.4) is 0 Å². The molecule has 3 aliphatic rings. The highest BCUT2D eigenvalue weighted by atomic mass is 35.5. The van der Waals surface area contributed by atoms with E-state index in [4.69, 9.17) is 16.3 Å². The van der Waals surface area contributed by atoms with Crippen LogP contribution >= 0.6 is 11.6 Å². The second kappa shape index (κ2) is 5.06. The molecule has 4 rings (SSSR count). The Balaban J connectivity index is 1.99. The molecule has 3 fully saturated rings. The molecule has 102 valence electrons. The molecule has 0 spiro atoms. The zero-order valence-electron chi connectivity index (χ0n) is 11.0. The van der Waals surface area contributed by atoms with Crippen molar-refractivity contribution in [1.82, 2.24) is 4.90 Å². The Morgan fingerprint density at radius 1 is 1.37 bits per heavy atom. The van der Waals surface area contributed by atoms with Gasteiger partial charge in [-0.15, -0.1) is 0 Å². The average Bonchev–Trinajstić information content (AvgIpc) is 2.43. The first-order chi connectivity index (χ1) is 9.19. The van der Waals surface area contributed by atoms with E-state index in [1.54, 1.807) is 7.11 Å². The zero-order chi connectivity index (χ0) is 13.4. The number of methoxy groups -OCH3 is 1. The van der Waals surface area contributed by atoms with Crippen LogP contribution in [0, 0.1) is 5.92 Å². The van der Waals surface area contributed by atoms with Crippen molar-refractivity contribution in [3.05, 3.63) is 34.5 Å². The van der Waals surface area contributed by atoms with E-state index >= 15 is 0 Å². The fourth-order valence-corrected chi connectivity index (χ4v) is 3.24. The number of rotatable bonds is 2. The highest BCUT2D eigenvalue weighted by molar-refractivity contribution is 6.30. The quantitative estimate of drug-likeness (QED) is 0.904. The molecule has 0 amide bonds. The maximum atomic E-state index is 10.4. The van der Waals surface area contributed by atoms with Crippen LogP contribution in [0.25, 0.3) is 6.08 Å². The molecule has 0 aliphatic carbocycles. The first-order valence-electron chi connectivity index (χ1n) is 6.67. The van der Waals surface area contributed by atoms with E-state index in [0.717, 1.165) is 42.9 Å². The van der Waals surface area contributed by atoms with Gasteiger partial charge >= 0.3 is 0 Å². The zero-order valence-corrected chi connectivity index (χ0v) is 11.7. The van der Waals surface area contributed by atoms with Gasteiger partial charge in [-0.2, -0.15) is 0 Å². The van der Waals surface area contributed by atoms with E-state index in [1.165, 1.54) is 0 Å². The highest BCUT2D eigenvalue weighted by Gasteiger charge is 2.36. The maximum absolute atomic E-state index is 10.4. The van der Waals surface area contributed by atoms with Crippen LogP contribution in [-0.4, -0.2) is 36.3 Å². The van der Waals surface area contributed by atoms with Gasteiger partial charge in [-0.05, 0) is 43.0 Å². The largest absolute Gasteiger partial charge is 0.496 e. The Hall–Kier alpha value is -1.19. The van der Waals surface area contributed by atoms with Crippen LogP contribution in [0.1, 0.15) is 18.4 Å². The number of hydrogen-bond donors (Lipinski definition) is 1. The van der Waals surface area contributed by atoms with Gasteiger partial charge in [0.2, 0.25) is 0 Å². The number of fused-ring (bicyclic) bond motifs is 3. The van der Waals surface area contributed by atoms with Gasteiger partial charge in [-0.3, -0.25) is 0 Å². The van der Waals surface area contributed by atoms with Crippen LogP contribution in [0.4, 0.5) is 0 Å². The van der Waals surface area contributed by atoms with Crippen molar-refractivity contribution in [3.63, 3.8) is 0 Å². The topological polar surface area (TPSA) is 32.7 Å². The summed E-state index contributed by atoms with van der Waals surface area (Å²) in [6.45, 7) is 2.08. The SMILES string of the molecule is COc1ccc(Cl)cc1/C=C1/[C@H](O)C2CCN1CC2. The Morgan fingerprint density at radius 2 is 2.11 bits per heavy atom. The lowest BCUT2D eigenvalue weighted by molar-refractivity contribution is 0.0215. The van der Waals surface area contributed by atoms with Crippen molar-refractivity contribution in [2.24, 2.45) is 5.92 Å². The Kier molecular flexibility index (Phi) is 3.42. The van der Waals surface area contributed by atoms with Gasteiger partial charge < -0.3 is 14.7 Å². The van der Waals surface area contributed by atoms with Gasteiger partial charge in [0.05, 0.1) is 13.2 Å². The Labute approximate surface area is 118 Å². The highest BCUT2D eigenvalue weighted by Crippen LogP contribution is 2.37. The standard InChI is InChI=1S/C15H18ClNO2/c1-19-14-3-2-12(16)8-11(14)9-13-15(18)10-4-6-17(13)7-5-10/h2-3,8-10,15,18H,4-7H2,1H3/b13-9-/t15-/m1/s1. The average molecular weight is 280 g/mol. The van der Waals surface area contributed by atoms with Crippen molar-refractivity contribution >= 4 is 17.7 Å². The van der Waals surface area contributed by atoms with Gasteiger partial charge in [-0.25, -0.2) is 0 Å². The lowest BCUT2D eigenvalue weighted by atomic mass is 9.83. The summed E-state index contributed by atoms with van der Waals surface area (Å²) >= 11 is 6.05. The monoisotopic (exact) mass is 279 g/mol. The third-order valence-electron chi connectivity index (χ3n) is 4.15. The summed E-state index contributed by atoms with van der Waals surface area (Å²) in [6.07, 6.45) is 3.84. The van der Waals surface area contributed by atoms with Gasteiger partial charge in [-0.1, -0.05) is 11.6 Å². The molecule has 3 aliphatic heterocycles. The van der Waals surface area contributed by atoms with E-state index in [1.807, 2.05) is 24.3 Å². The number of hydrogen-bond acceptors (Lipinski definition) is 3. The molecule has 1 N–H and O–H groups in total. The number of piperidine rings is 3. The van der Waals surface area contributed by atoms with E-state index < -0.39 is 0 Å². The van der Waals surface area contributed by atoms with Crippen molar-refractivity contribution in [3.8, 4) is 5.75 Å². The molecule has 19 heavy (non-hydrogen) atoms. The summed E-state index contributed by atoms with van der Waals surface area (Å²) in [5, 5.41) is 11.0. The second-order valence-electron chi connectivity index (χ2n) is 5.22.